The van der Waals surface area contributed by atoms with Crippen molar-refractivity contribution in [1.29, 1.82) is 0 Å². The molecule has 0 aromatic carbocycles. The molecule has 6 heteroatoms. The molecule has 0 aliphatic carbocycles. The lowest BCUT2D eigenvalue weighted by Crippen LogP contribution is -1.79. The first-order valence-corrected chi connectivity index (χ1v) is 5.32. The zero-order valence-electron chi connectivity index (χ0n) is 7.24. The highest BCUT2D eigenvalue weighted by Gasteiger charge is 2.09. The molecule has 0 unspecified atom stereocenters. The van der Waals surface area contributed by atoms with Gasteiger partial charge in [-0.1, -0.05) is 0 Å². The third-order valence-corrected chi connectivity index (χ3v) is 3.73. The van der Waals surface area contributed by atoms with Crippen LogP contribution >= 0.6 is 23.3 Å². The molecule has 0 bridgehead atoms. The Bertz CT molecular complexity index is 373. The van der Waals surface area contributed by atoms with Gasteiger partial charge in [-0.2, -0.15) is 9.47 Å². The second-order valence-corrected chi connectivity index (χ2v) is 4.52. The molecule has 4 nitrogen and oxygen atoms in total. The van der Waals surface area contributed by atoms with Gasteiger partial charge in [0.25, 0.3) is 0 Å². The molecule has 0 amide bonds. The van der Waals surface area contributed by atoms with Crippen molar-refractivity contribution in [2.24, 2.45) is 0 Å². The zero-order chi connectivity index (χ0) is 9.26. The number of nitrogens with zero attached hydrogens (tertiary/aromatic N) is 3. The summed E-state index contributed by atoms with van der Waals surface area (Å²) in [5.41, 5.74) is 1.06. The minimum atomic E-state index is 0.811. The van der Waals surface area contributed by atoms with Gasteiger partial charge in [-0.15, -0.1) is 0 Å². The highest BCUT2D eigenvalue weighted by Crippen LogP contribution is 2.31. The van der Waals surface area contributed by atoms with Crippen LogP contribution in [0.2, 0.25) is 0 Å². The summed E-state index contributed by atoms with van der Waals surface area (Å²) in [6.45, 7) is 4.06. The first-order chi connectivity index (χ1) is 6.27. The fourth-order valence-electron chi connectivity index (χ4n) is 0.960. The van der Waals surface area contributed by atoms with Crippen LogP contribution in [0.4, 0.5) is 0 Å². The lowest BCUT2D eigenvalue weighted by Gasteiger charge is -1.95. The molecule has 68 valence electrons. The van der Waals surface area contributed by atoms with Crippen molar-refractivity contribution in [3.63, 3.8) is 0 Å². The molecule has 0 aliphatic rings. The van der Waals surface area contributed by atoms with Gasteiger partial charge in [0.1, 0.15) is 6.33 Å². The third-order valence-electron chi connectivity index (χ3n) is 1.56. The lowest BCUT2D eigenvalue weighted by molar-refractivity contribution is 0.971. The molecule has 0 fully saturated rings. The van der Waals surface area contributed by atoms with Gasteiger partial charge in [-0.3, -0.25) is 5.10 Å². The summed E-state index contributed by atoms with van der Waals surface area (Å²) in [5, 5.41) is 7.41. The molecule has 2 aromatic heterocycles. The fourth-order valence-corrected chi connectivity index (χ4v) is 2.58. The average Bonchev–Trinajstić information content (AvgIpc) is 2.70. The number of hydrogen-bond donors (Lipinski definition) is 1. The Balaban J connectivity index is 2.27. The van der Waals surface area contributed by atoms with Gasteiger partial charge in [0, 0.05) is 4.88 Å². The number of aromatic nitrogens is 4. The number of nitrogens with one attached hydrogen (secondary N) is 1. The number of H-pyrrole nitrogens is 1. The van der Waals surface area contributed by atoms with Crippen molar-refractivity contribution in [3.05, 3.63) is 16.9 Å². The van der Waals surface area contributed by atoms with Gasteiger partial charge in [0.2, 0.25) is 0 Å². The van der Waals surface area contributed by atoms with E-state index in [2.05, 4.69) is 26.5 Å². The minimum Gasteiger partial charge on any atom is -0.254 e. The first kappa shape index (κ1) is 8.71. The molecule has 0 atom stereocenters. The Morgan fingerprint density at radius 1 is 1.46 bits per heavy atom. The molecule has 0 saturated carbocycles. The van der Waals surface area contributed by atoms with Crippen LogP contribution in [0.25, 0.3) is 0 Å². The van der Waals surface area contributed by atoms with Gasteiger partial charge in [-0.05, 0) is 37.1 Å². The molecule has 0 radical (unpaired) electrons. The van der Waals surface area contributed by atoms with E-state index in [4.69, 9.17) is 0 Å². The number of aromatic amines is 1. The van der Waals surface area contributed by atoms with E-state index in [0.717, 1.165) is 10.9 Å². The van der Waals surface area contributed by atoms with Crippen molar-refractivity contribution in [1.82, 2.24) is 19.6 Å². The normalized spacial score (nSPS) is 10.6. The van der Waals surface area contributed by atoms with Crippen LogP contribution in [-0.4, -0.2) is 19.6 Å². The van der Waals surface area contributed by atoms with Crippen molar-refractivity contribution < 1.29 is 0 Å². The van der Waals surface area contributed by atoms with Gasteiger partial charge in [0.15, 0.2) is 5.16 Å². The van der Waals surface area contributed by atoms with E-state index in [1.54, 1.807) is 11.8 Å². The molecular formula is C7H8N4S2. The predicted molar refractivity (Wildman–Crippen MR) is 52.1 cm³/mol. The van der Waals surface area contributed by atoms with Crippen LogP contribution in [-0.2, 0) is 0 Å². The Morgan fingerprint density at radius 2 is 2.31 bits per heavy atom. The lowest BCUT2D eigenvalue weighted by atomic mass is 10.4. The molecule has 2 rings (SSSR count). The van der Waals surface area contributed by atoms with Gasteiger partial charge in [0.05, 0.1) is 10.6 Å². The highest BCUT2D eigenvalue weighted by molar-refractivity contribution is 7.99. The summed E-state index contributed by atoms with van der Waals surface area (Å²) < 4.78 is 4.26. The van der Waals surface area contributed by atoms with Crippen LogP contribution < -0.4 is 0 Å². The number of hydrogen-bond acceptors (Lipinski definition) is 5. The SMILES string of the molecule is Cc1nsc(C)c1Sc1ncn[nH]1. The van der Waals surface area contributed by atoms with Crippen LogP contribution in [0, 0.1) is 13.8 Å². The summed E-state index contributed by atoms with van der Waals surface area (Å²) in [4.78, 5) is 6.45. The Kier molecular flexibility index (Phi) is 2.32. The van der Waals surface area contributed by atoms with E-state index < -0.39 is 0 Å². The van der Waals surface area contributed by atoms with Gasteiger partial charge < -0.3 is 0 Å². The zero-order valence-corrected chi connectivity index (χ0v) is 8.87. The van der Waals surface area contributed by atoms with Gasteiger partial charge >= 0.3 is 0 Å². The standard InChI is InChI=1S/C7H8N4S2/c1-4-6(5(2)13-11-4)12-7-8-3-9-10-7/h3H,1-2H3,(H,8,9,10). The summed E-state index contributed by atoms with van der Waals surface area (Å²) in [6, 6.07) is 0. The molecule has 0 spiro atoms. The Hall–Kier alpha value is -0.880. The summed E-state index contributed by atoms with van der Waals surface area (Å²) in [5.74, 6) is 0. The van der Waals surface area contributed by atoms with E-state index in [1.165, 1.54) is 27.6 Å². The van der Waals surface area contributed by atoms with E-state index in [-0.39, 0.29) is 0 Å². The van der Waals surface area contributed by atoms with Crippen LogP contribution in [0.3, 0.4) is 0 Å². The van der Waals surface area contributed by atoms with Crippen molar-refractivity contribution in [2.75, 3.05) is 0 Å². The molecule has 2 aromatic rings. The Labute approximate surface area is 84.0 Å². The monoisotopic (exact) mass is 212 g/mol. The minimum absolute atomic E-state index is 0.811. The summed E-state index contributed by atoms with van der Waals surface area (Å²) in [6.07, 6.45) is 1.51. The Morgan fingerprint density at radius 3 is 2.85 bits per heavy atom. The largest absolute Gasteiger partial charge is 0.254 e. The number of aryl methyl sites for hydroxylation is 2. The maximum atomic E-state index is 4.26. The highest BCUT2D eigenvalue weighted by atomic mass is 32.2. The quantitative estimate of drug-likeness (QED) is 0.827. The topological polar surface area (TPSA) is 54.5 Å². The van der Waals surface area contributed by atoms with E-state index in [9.17, 15) is 0 Å². The maximum Gasteiger partial charge on any atom is 0.188 e. The molecule has 0 saturated heterocycles. The van der Waals surface area contributed by atoms with Crippen LogP contribution in [0.15, 0.2) is 16.4 Å². The second-order valence-electron chi connectivity index (χ2n) is 2.55. The molecule has 2 heterocycles. The fraction of sp³-hybridized carbons (Fsp3) is 0.286. The molecule has 13 heavy (non-hydrogen) atoms. The summed E-state index contributed by atoms with van der Waals surface area (Å²) >= 11 is 3.09. The van der Waals surface area contributed by atoms with Crippen LogP contribution in [0.5, 0.6) is 0 Å². The van der Waals surface area contributed by atoms with Crippen molar-refractivity contribution in [2.45, 2.75) is 23.9 Å². The average molecular weight is 212 g/mol. The van der Waals surface area contributed by atoms with Crippen molar-refractivity contribution >= 4 is 23.3 Å². The summed E-state index contributed by atoms with van der Waals surface area (Å²) in [7, 11) is 0. The van der Waals surface area contributed by atoms with E-state index in [0.29, 0.717) is 0 Å². The molecule has 0 aliphatic heterocycles. The first-order valence-electron chi connectivity index (χ1n) is 3.73. The third kappa shape index (κ3) is 1.73. The molecule has 1 N–H and O–H groups in total. The second kappa shape index (κ2) is 3.47. The number of rotatable bonds is 2. The molecular weight excluding hydrogens is 204 g/mol. The maximum absolute atomic E-state index is 4.26. The van der Waals surface area contributed by atoms with Gasteiger partial charge in [-0.25, -0.2) is 4.98 Å². The van der Waals surface area contributed by atoms with Crippen molar-refractivity contribution in [3.8, 4) is 0 Å². The predicted octanol–water partition coefficient (Wildman–Crippen LogP) is 2.03. The smallest absolute Gasteiger partial charge is 0.188 e. The van der Waals surface area contributed by atoms with Crippen LogP contribution in [0.1, 0.15) is 10.6 Å². The van der Waals surface area contributed by atoms with E-state index in [1.807, 2.05) is 6.92 Å². The van der Waals surface area contributed by atoms with E-state index >= 15 is 0 Å².